The van der Waals surface area contributed by atoms with Crippen molar-refractivity contribution in [3.05, 3.63) is 48.6 Å². The Morgan fingerprint density at radius 1 is 0.600 bits per heavy atom. The number of unbranched alkanes of at least 4 members (excludes halogenated alkanes) is 17. The number of carbonyl (C=O) groups is 3. The van der Waals surface area contributed by atoms with Crippen LogP contribution in [0.5, 0.6) is 0 Å². The fourth-order valence-electron chi connectivity index (χ4n) is 8.14. The molecular formula is C51H91N5O4. The van der Waals surface area contributed by atoms with Crippen molar-refractivity contribution >= 4 is 17.8 Å². The monoisotopic (exact) mass is 838 g/mol. The van der Waals surface area contributed by atoms with Crippen LogP contribution in [0, 0.1) is 0 Å². The number of ether oxygens (including phenoxy) is 1. The summed E-state index contributed by atoms with van der Waals surface area (Å²) >= 11 is 0. The van der Waals surface area contributed by atoms with Crippen LogP contribution in [-0.2, 0) is 19.1 Å². The van der Waals surface area contributed by atoms with E-state index in [2.05, 4.69) is 96.6 Å². The van der Waals surface area contributed by atoms with E-state index in [1.165, 1.54) is 83.5 Å². The highest BCUT2D eigenvalue weighted by molar-refractivity contribution is 5.86. The highest BCUT2D eigenvalue weighted by atomic mass is 16.5. The molecule has 2 aliphatic heterocycles. The molecule has 0 saturated carbocycles. The van der Waals surface area contributed by atoms with Gasteiger partial charge in [0.2, 0.25) is 11.8 Å². The summed E-state index contributed by atoms with van der Waals surface area (Å²) in [6.45, 7) is 10.9. The summed E-state index contributed by atoms with van der Waals surface area (Å²) in [6.07, 6.45) is 46.1. The standard InChI is InChI=1S/C51H91N5O4/c1-5-7-9-11-13-15-17-19-21-23-25-27-29-31-33-35-43-60-51(59)48-44-47(52-49(57)37-38-54-39-41-55(42-40-54)46-53(3)4)45-56(48)50(58)36-34-32-30-28-26-24-22-20-18-16-14-12-10-8-6-2/h13-16,19-22,47-48H,5-12,17-18,23-46H2,1-4H3,(H,52,57)/b15-13-,16-14-,21-19-,22-20-. The molecule has 0 aromatic heterocycles. The Kier molecular flexibility index (Phi) is 32.8. The van der Waals surface area contributed by atoms with Gasteiger partial charge in [0.1, 0.15) is 6.04 Å². The maximum absolute atomic E-state index is 13.6. The fraction of sp³-hybridized carbons (Fsp3) is 0.784. The van der Waals surface area contributed by atoms with Crippen molar-refractivity contribution in [3.8, 4) is 0 Å². The van der Waals surface area contributed by atoms with Crippen LogP contribution in [0.4, 0.5) is 0 Å². The topological polar surface area (TPSA) is 85.4 Å². The number of nitrogens with one attached hydrogen (secondary N) is 1. The summed E-state index contributed by atoms with van der Waals surface area (Å²) in [4.78, 5) is 48.8. The Labute approximate surface area is 368 Å². The molecular weight excluding hydrogens is 747 g/mol. The van der Waals surface area contributed by atoms with Crippen LogP contribution in [0.1, 0.15) is 181 Å². The Hall–Kier alpha value is -2.75. The van der Waals surface area contributed by atoms with Gasteiger partial charge in [0.15, 0.2) is 0 Å². The molecule has 2 amide bonds. The first-order valence-electron chi connectivity index (χ1n) is 24.8. The van der Waals surface area contributed by atoms with Crippen molar-refractivity contribution in [3.63, 3.8) is 0 Å². The number of rotatable bonds is 36. The van der Waals surface area contributed by atoms with Gasteiger partial charge in [0, 0.05) is 64.6 Å². The van der Waals surface area contributed by atoms with E-state index in [4.69, 9.17) is 4.74 Å². The SMILES string of the molecule is CCCCC/C=C\C/C=C\CCCCCCCCOC(=O)C1CC(NC(=O)CCN2CCN(CN(C)C)CC2)CN1C(=O)CCCCCCC/C=C\C/C=C\CCCCC. The molecule has 1 N–H and O–H groups in total. The maximum Gasteiger partial charge on any atom is 0.328 e. The van der Waals surface area contributed by atoms with Crippen molar-refractivity contribution in [1.82, 2.24) is 24.9 Å². The minimum absolute atomic E-state index is 0.00342. The van der Waals surface area contributed by atoms with E-state index in [9.17, 15) is 14.4 Å². The molecule has 2 fully saturated rings. The van der Waals surface area contributed by atoms with Crippen molar-refractivity contribution < 1.29 is 19.1 Å². The zero-order valence-electron chi connectivity index (χ0n) is 39.2. The average molecular weight is 838 g/mol. The number of hydrogen-bond acceptors (Lipinski definition) is 7. The summed E-state index contributed by atoms with van der Waals surface area (Å²) in [5.41, 5.74) is 0. The van der Waals surface area contributed by atoms with Gasteiger partial charge in [0.25, 0.3) is 0 Å². The molecule has 2 rings (SSSR count). The van der Waals surface area contributed by atoms with Gasteiger partial charge in [-0.2, -0.15) is 0 Å². The Balaban J connectivity index is 1.70. The van der Waals surface area contributed by atoms with Crippen molar-refractivity contribution in [2.24, 2.45) is 0 Å². The van der Waals surface area contributed by atoms with Crippen LogP contribution in [0.3, 0.4) is 0 Å². The summed E-state index contributed by atoms with van der Waals surface area (Å²) in [6, 6.07) is -0.863. The number of esters is 1. The first-order chi connectivity index (χ1) is 29.3. The number of amides is 2. The van der Waals surface area contributed by atoms with E-state index < -0.39 is 6.04 Å². The Morgan fingerprint density at radius 3 is 1.62 bits per heavy atom. The number of likely N-dealkylation sites (tertiary alicyclic amines) is 1. The smallest absolute Gasteiger partial charge is 0.328 e. The number of hydrogen-bond donors (Lipinski definition) is 1. The molecule has 0 aromatic rings. The molecule has 2 heterocycles. The predicted molar refractivity (Wildman–Crippen MR) is 253 cm³/mol. The molecule has 0 bridgehead atoms. The first kappa shape index (κ1) is 53.4. The molecule has 0 radical (unpaired) electrons. The van der Waals surface area contributed by atoms with E-state index >= 15 is 0 Å². The molecule has 60 heavy (non-hydrogen) atoms. The van der Waals surface area contributed by atoms with E-state index in [0.717, 1.165) is 104 Å². The molecule has 344 valence electrons. The number of nitrogens with zero attached hydrogens (tertiary/aromatic N) is 4. The second-order valence-corrected chi connectivity index (χ2v) is 17.7. The molecule has 2 saturated heterocycles. The van der Waals surface area contributed by atoms with Crippen molar-refractivity contribution in [1.29, 1.82) is 0 Å². The summed E-state index contributed by atoms with van der Waals surface area (Å²) in [5, 5.41) is 3.17. The molecule has 0 aliphatic carbocycles. The van der Waals surface area contributed by atoms with Gasteiger partial charge in [-0.15, -0.1) is 0 Å². The first-order valence-corrected chi connectivity index (χ1v) is 24.8. The number of allylic oxidation sites excluding steroid dienone is 8. The summed E-state index contributed by atoms with van der Waals surface area (Å²) in [5.74, 6) is -0.325. The minimum atomic E-state index is -0.629. The zero-order valence-corrected chi connectivity index (χ0v) is 39.2. The average Bonchev–Trinajstić information content (AvgIpc) is 3.66. The molecule has 9 heteroatoms. The maximum atomic E-state index is 13.6. The molecule has 2 unspecified atom stereocenters. The van der Waals surface area contributed by atoms with Gasteiger partial charge >= 0.3 is 5.97 Å². The van der Waals surface area contributed by atoms with E-state index in [-0.39, 0.29) is 23.8 Å². The zero-order chi connectivity index (χ0) is 43.3. The van der Waals surface area contributed by atoms with Gasteiger partial charge in [0.05, 0.1) is 13.3 Å². The third-order valence-electron chi connectivity index (χ3n) is 11.8. The van der Waals surface area contributed by atoms with Gasteiger partial charge in [-0.05, 0) is 91.1 Å². The lowest BCUT2D eigenvalue weighted by Gasteiger charge is -2.35. The quantitative estimate of drug-likeness (QED) is 0.0382. The van der Waals surface area contributed by atoms with Crippen LogP contribution in [-0.4, -0.2) is 116 Å². The van der Waals surface area contributed by atoms with Crippen LogP contribution in [0.25, 0.3) is 0 Å². The van der Waals surface area contributed by atoms with Crippen molar-refractivity contribution in [2.45, 2.75) is 193 Å². The third-order valence-corrected chi connectivity index (χ3v) is 11.8. The minimum Gasteiger partial charge on any atom is -0.464 e. The highest BCUT2D eigenvalue weighted by Gasteiger charge is 2.40. The van der Waals surface area contributed by atoms with Crippen LogP contribution in [0.15, 0.2) is 48.6 Å². The van der Waals surface area contributed by atoms with Gasteiger partial charge < -0.3 is 19.9 Å². The molecule has 0 spiro atoms. The fourth-order valence-corrected chi connectivity index (χ4v) is 8.14. The summed E-state index contributed by atoms with van der Waals surface area (Å²) in [7, 11) is 4.19. The van der Waals surface area contributed by atoms with Crippen molar-refractivity contribution in [2.75, 3.05) is 66.6 Å². The second-order valence-electron chi connectivity index (χ2n) is 17.7. The third kappa shape index (κ3) is 28.0. The second kappa shape index (κ2) is 36.9. The van der Waals surface area contributed by atoms with E-state index in [1.807, 2.05) is 0 Å². The Morgan fingerprint density at radius 2 is 1.08 bits per heavy atom. The molecule has 0 aromatic carbocycles. The lowest BCUT2D eigenvalue weighted by atomic mass is 10.1. The van der Waals surface area contributed by atoms with Gasteiger partial charge in [-0.1, -0.05) is 133 Å². The highest BCUT2D eigenvalue weighted by Crippen LogP contribution is 2.22. The van der Waals surface area contributed by atoms with Crippen LogP contribution >= 0.6 is 0 Å². The Bertz CT molecular complexity index is 1210. The van der Waals surface area contributed by atoms with Gasteiger partial charge in [-0.25, -0.2) is 4.79 Å². The molecule has 2 aliphatic rings. The largest absolute Gasteiger partial charge is 0.464 e. The number of piperazine rings is 1. The van der Waals surface area contributed by atoms with Crippen LogP contribution in [0.2, 0.25) is 0 Å². The lowest BCUT2D eigenvalue weighted by Crippen LogP contribution is -2.49. The normalized spacial score (nSPS) is 18.1. The molecule has 2 atom stereocenters. The lowest BCUT2D eigenvalue weighted by molar-refractivity contribution is -0.153. The van der Waals surface area contributed by atoms with E-state index in [0.29, 0.717) is 32.4 Å². The van der Waals surface area contributed by atoms with Gasteiger partial charge in [-0.3, -0.25) is 19.4 Å². The predicted octanol–water partition coefficient (Wildman–Crippen LogP) is 10.8. The number of carbonyl (C=O) groups excluding carboxylic acids is 3. The summed E-state index contributed by atoms with van der Waals surface area (Å²) < 4.78 is 5.79. The van der Waals surface area contributed by atoms with E-state index in [1.54, 1.807) is 4.90 Å². The van der Waals surface area contributed by atoms with Crippen LogP contribution < -0.4 is 5.32 Å². The molecule has 9 nitrogen and oxygen atoms in total.